The summed E-state index contributed by atoms with van der Waals surface area (Å²) in [5.41, 5.74) is -1.18. The van der Waals surface area contributed by atoms with Gasteiger partial charge in [-0.05, 0) is 29.8 Å². The van der Waals surface area contributed by atoms with Crippen molar-refractivity contribution in [2.24, 2.45) is 10.3 Å². The summed E-state index contributed by atoms with van der Waals surface area (Å²) in [7, 11) is 1.16. The summed E-state index contributed by atoms with van der Waals surface area (Å²) in [6.07, 6.45) is -5.72. The van der Waals surface area contributed by atoms with Crippen LogP contribution < -0.4 is 10.6 Å². The minimum absolute atomic E-state index is 0.00720. The number of halogens is 3. The number of alkyl halides is 3. The number of rotatable bonds is 14. The lowest BCUT2D eigenvalue weighted by Crippen LogP contribution is -2.71. The standard InChI is InChI=1S/C23H23F3N10O9S3/c1-8(2)45-32-12(11-7-47-21(27-11)29-20(43)23(24,25)26)15(37)28-13-16(38)36-14(19(41)42)9(5-46-17(13)36)6-48-22-30-33-34-35(22)4-10(18(39)40)31-44-3/h7-8,13,17H,4-6H2,1-3H3,(H,28,37)(H,39,40)(H,41,42)(H,27,29,43)/t13?,17-/m1/s1. The fourth-order valence-electron chi connectivity index (χ4n) is 3.91. The van der Waals surface area contributed by atoms with Gasteiger partial charge in [-0.1, -0.05) is 22.1 Å². The quantitative estimate of drug-likeness (QED) is 0.0885. The van der Waals surface area contributed by atoms with Crippen LogP contribution in [-0.4, -0.2) is 124 Å². The Bertz CT molecular complexity index is 1710. The van der Waals surface area contributed by atoms with Gasteiger partial charge in [0.2, 0.25) is 5.16 Å². The molecule has 258 valence electrons. The van der Waals surface area contributed by atoms with E-state index < -0.39 is 69.9 Å². The molecule has 4 heterocycles. The highest BCUT2D eigenvalue weighted by molar-refractivity contribution is 8.01. The van der Waals surface area contributed by atoms with Gasteiger partial charge in [0.25, 0.3) is 11.8 Å². The van der Waals surface area contributed by atoms with Crippen molar-refractivity contribution < 1.29 is 57.0 Å². The number of nitrogens with one attached hydrogen (secondary N) is 2. The first kappa shape index (κ1) is 36.1. The van der Waals surface area contributed by atoms with Crippen LogP contribution in [0.2, 0.25) is 0 Å². The smallest absolute Gasteiger partial charge is 0.471 e. The molecule has 0 spiro atoms. The average molecular weight is 737 g/mol. The highest BCUT2D eigenvalue weighted by Crippen LogP contribution is 2.41. The zero-order valence-corrected chi connectivity index (χ0v) is 27.1. The second-order valence-electron chi connectivity index (χ2n) is 9.64. The van der Waals surface area contributed by atoms with Gasteiger partial charge in [0, 0.05) is 16.9 Å². The molecule has 2 aliphatic rings. The molecule has 1 fully saturated rings. The number of nitrogens with zero attached hydrogens (tertiary/aromatic N) is 8. The van der Waals surface area contributed by atoms with E-state index in [0.29, 0.717) is 16.9 Å². The number of fused-ring (bicyclic) bond motifs is 1. The predicted octanol–water partition coefficient (Wildman–Crippen LogP) is 0.377. The fourth-order valence-corrected chi connectivity index (χ4v) is 6.96. The third kappa shape index (κ3) is 8.19. The van der Waals surface area contributed by atoms with E-state index in [1.807, 2.05) is 0 Å². The molecule has 25 heteroatoms. The molecule has 2 atom stereocenters. The van der Waals surface area contributed by atoms with Crippen molar-refractivity contribution in [3.8, 4) is 0 Å². The molecule has 1 unspecified atom stereocenters. The van der Waals surface area contributed by atoms with Crippen LogP contribution in [0.4, 0.5) is 18.3 Å². The molecule has 1 saturated heterocycles. The Hall–Kier alpha value is -4.78. The number of aliphatic carboxylic acids is 2. The number of carboxylic acid groups (broad SMARTS) is 2. The van der Waals surface area contributed by atoms with E-state index >= 15 is 0 Å². The van der Waals surface area contributed by atoms with E-state index in [2.05, 4.69) is 41.0 Å². The van der Waals surface area contributed by atoms with E-state index in [9.17, 15) is 47.4 Å². The second kappa shape index (κ2) is 15.0. The molecule has 0 saturated carbocycles. The molecule has 3 amide bonds. The first-order valence-corrected chi connectivity index (χ1v) is 16.0. The molecule has 4 N–H and O–H groups in total. The van der Waals surface area contributed by atoms with Gasteiger partial charge in [0.1, 0.15) is 36.0 Å². The van der Waals surface area contributed by atoms with Crippen molar-refractivity contribution in [3.63, 3.8) is 0 Å². The third-order valence-corrected chi connectivity index (χ3v) is 9.09. The molecule has 0 bridgehead atoms. The van der Waals surface area contributed by atoms with Crippen molar-refractivity contribution in [3.05, 3.63) is 22.3 Å². The Balaban J connectivity index is 1.48. The summed E-state index contributed by atoms with van der Waals surface area (Å²) in [6, 6.07) is -1.22. The molecule has 48 heavy (non-hydrogen) atoms. The number of thiazole rings is 1. The molecule has 4 rings (SSSR count). The van der Waals surface area contributed by atoms with Crippen LogP contribution in [0.3, 0.4) is 0 Å². The third-order valence-electron chi connectivity index (χ3n) is 5.95. The summed E-state index contributed by atoms with van der Waals surface area (Å²) in [5, 5.41) is 41.4. The number of thioether (sulfide) groups is 2. The summed E-state index contributed by atoms with van der Waals surface area (Å²) in [4.78, 5) is 75.9. The number of tetrazole rings is 1. The van der Waals surface area contributed by atoms with Crippen LogP contribution >= 0.6 is 34.9 Å². The molecule has 19 nitrogen and oxygen atoms in total. The Morgan fingerprint density at radius 1 is 1.23 bits per heavy atom. The van der Waals surface area contributed by atoms with Gasteiger partial charge in [0.05, 0.1) is 6.54 Å². The van der Waals surface area contributed by atoms with Gasteiger partial charge in [-0.2, -0.15) is 13.2 Å². The zero-order valence-electron chi connectivity index (χ0n) is 24.6. The number of hydrogen-bond donors (Lipinski definition) is 4. The van der Waals surface area contributed by atoms with Crippen LogP contribution in [-0.2, 0) is 40.2 Å². The largest absolute Gasteiger partial charge is 0.477 e. The molecular weight excluding hydrogens is 714 g/mol. The first-order chi connectivity index (χ1) is 22.6. The van der Waals surface area contributed by atoms with E-state index in [1.54, 1.807) is 19.2 Å². The average Bonchev–Trinajstić information content (AvgIpc) is 3.66. The highest BCUT2D eigenvalue weighted by atomic mass is 32.2. The monoisotopic (exact) mass is 736 g/mol. The Morgan fingerprint density at radius 3 is 2.58 bits per heavy atom. The van der Waals surface area contributed by atoms with Crippen molar-refractivity contribution >= 4 is 81.1 Å². The lowest BCUT2D eigenvalue weighted by atomic mass is 10.0. The van der Waals surface area contributed by atoms with Crippen molar-refractivity contribution in [1.29, 1.82) is 0 Å². The van der Waals surface area contributed by atoms with Gasteiger partial charge in [-0.25, -0.2) is 19.3 Å². The summed E-state index contributed by atoms with van der Waals surface area (Å²) >= 11 is 2.71. The maximum absolute atomic E-state index is 13.3. The van der Waals surface area contributed by atoms with Crippen LogP contribution in [0.25, 0.3) is 0 Å². The van der Waals surface area contributed by atoms with Gasteiger partial charge in [-0.15, -0.1) is 28.2 Å². The summed E-state index contributed by atoms with van der Waals surface area (Å²) in [6.45, 7) is 2.81. The zero-order chi connectivity index (χ0) is 35.3. The number of anilines is 1. The van der Waals surface area contributed by atoms with Gasteiger partial charge in [-0.3, -0.25) is 24.6 Å². The molecular formula is C23H23F3N10O9S3. The number of oxime groups is 2. The first-order valence-electron chi connectivity index (χ1n) is 13.1. The highest BCUT2D eigenvalue weighted by Gasteiger charge is 2.54. The fraction of sp³-hybridized carbons (Fsp3) is 0.435. The van der Waals surface area contributed by atoms with Crippen molar-refractivity contribution in [1.82, 2.24) is 35.4 Å². The van der Waals surface area contributed by atoms with Gasteiger partial charge in [0.15, 0.2) is 16.6 Å². The Kier molecular flexibility index (Phi) is 11.2. The number of carbonyl (C=O) groups is 5. The number of carboxylic acids is 2. The van der Waals surface area contributed by atoms with E-state index in [1.165, 1.54) is 0 Å². The number of amides is 3. The number of β-lactam (4-membered cyclic amide) rings is 1. The van der Waals surface area contributed by atoms with Crippen LogP contribution in [0.1, 0.15) is 19.5 Å². The molecule has 2 aliphatic heterocycles. The maximum atomic E-state index is 13.3. The number of carbonyl (C=O) groups excluding carboxylic acids is 3. The summed E-state index contributed by atoms with van der Waals surface area (Å²) in [5.74, 6) is -6.74. The van der Waals surface area contributed by atoms with Crippen molar-refractivity contribution in [2.75, 3.05) is 23.9 Å². The summed E-state index contributed by atoms with van der Waals surface area (Å²) < 4.78 is 39.1. The second-order valence-corrected chi connectivity index (χ2v) is 12.5. The lowest BCUT2D eigenvalue weighted by Gasteiger charge is -2.49. The Morgan fingerprint density at radius 2 is 1.96 bits per heavy atom. The minimum Gasteiger partial charge on any atom is -0.477 e. The van der Waals surface area contributed by atoms with Crippen LogP contribution in [0, 0.1) is 0 Å². The minimum atomic E-state index is -5.18. The molecule has 2 aromatic heterocycles. The number of aromatic nitrogens is 5. The molecule has 0 radical (unpaired) electrons. The SMILES string of the molecule is CON=C(Cn1nnnc1SCC1=C(C(=O)O)N2C(=O)C(NC(=O)C(=NOC(C)C)c3csc(NC(=O)C(F)(F)F)n3)[C@H]2SC1)C(=O)O. The van der Waals surface area contributed by atoms with Gasteiger partial charge < -0.3 is 25.2 Å². The molecule has 2 aromatic rings. The van der Waals surface area contributed by atoms with E-state index in [0.717, 1.165) is 45.6 Å². The molecule has 0 aromatic carbocycles. The van der Waals surface area contributed by atoms with E-state index in [4.69, 9.17) is 4.84 Å². The maximum Gasteiger partial charge on any atom is 0.471 e. The van der Waals surface area contributed by atoms with Crippen LogP contribution in [0.5, 0.6) is 0 Å². The lowest BCUT2D eigenvalue weighted by molar-refractivity contribution is -0.167. The van der Waals surface area contributed by atoms with Crippen LogP contribution in [0.15, 0.2) is 32.1 Å². The normalized spacial score (nSPS) is 18.3. The van der Waals surface area contributed by atoms with Gasteiger partial charge >= 0.3 is 24.0 Å². The van der Waals surface area contributed by atoms with E-state index in [-0.39, 0.29) is 34.6 Å². The Labute approximate surface area is 278 Å². The molecule has 0 aliphatic carbocycles. The number of hydrogen-bond acceptors (Lipinski definition) is 16. The van der Waals surface area contributed by atoms with Crippen molar-refractivity contribution in [2.45, 2.75) is 49.2 Å². The topological polar surface area (TPSA) is 253 Å². The predicted molar refractivity (Wildman–Crippen MR) is 160 cm³/mol.